The van der Waals surface area contributed by atoms with Crippen LogP contribution in [-0.4, -0.2) is 41.1 Å². The van der Waals surface area contributed by atoms with Gasteiger partial charge in [-0.2, -0.15) is 0 Å². The summed E-state index contributed by atoms with van der Waals surface area (Å²) in [6.07, 6.45) is 8.81. The number of anilines is 1. The Labute approximate surface area is 176 Å². The van der Waals surface area contributed by atoms with Crippen molar-refractivity contribution >= 4 is 29.3 Å². The predicted octanol–water partition coefficient (Wildman–Crippen LogP) is 3.01. The van der Waals surface area contributed by atoms with Gasteiger partial charge in [-0.15, -0.1) is 0 Å². The number of benzene rings is 1. The lowest BCUT2D eigenvalue weighted by molar-refractivity contribution is -0.144. The summed E-state index contributed by atoms with van der Waals surface area (Å²) in [6.45, 7) is -0.308. The molecule has 0 unspecified atom stereocenters. The average molecular weight is 412 g/mol. The molecule has 3 aliphatic rings. The molecule has 1 saturated heterocycles. The van der Waals surface area contributed by atoms with E-state index in [9.17, 15) is 19.2 Å². The molecular formula is C23H29N3O4. The normalized spacial score (nSPS) is 21.3. The van der Waals surface area contributed by atoms with Gasteiger partial charge >= 0.3 is 0 Å². The number of para-hydroxylation sites is 1. The lowest BCUT2D eigenvalue weighted by Gasteiger charge is -2.30. The maximum absolute atomic E-state index is 12.9. The summed E-state index contributed by atoms with van der Waals surface area (Å²) < 4.78 is 0. The van der Waals surface area contributed by atoms with Gasteiger partial charge in [0.25, 0.3) is 5.91 Å². The van der Waals surface area contributed by atoms with E-state index >= 15 is 0 Å². The van der Waals surface area contributed by atoms with Crippen LogP contribution in [0.1, 0.15) is 74.6 Å². The van der Waals surface area contributed by atoms with E-state index in [2.05, 4.69) is 10.6 Å². The molecule has 1 aliphatic heterocycles. The van der Waals surface area contributed by atoms with Crippen LogP contribution in [0.25, 0.3) is 0 Å². The minimum absolute atomic E-state index is 0.174. The molecule has 1 aromatic rings. The van der Waals surface area contributed by atoms with Gasteiger partial charge in [-0.25, -0.2) is 0 Å². The molecular weight excluding hydrogens is 382 g/mol. The van der Waals surface area contributed by atoms with Gasteiger partial charge in [-0.1, -0.05) is 44.2 Å². The van der Waals surface area contributed by atoms with Crippen molar-refractivity contribution in [2.45, 2.75) is 70.3 Å². The van der Waals surface area contributed by atoms with E-state index in [4.69, 9.17) is 0 Å². The Morgan fingerprint density at radius 3 is 2.43 bits per heavy atom. The molecule has 0 radical (unpaired) electrons. The number of hydrogen-bond acceptors (Lipinski definition) is 4. The molecule has 1 aromatic carbocycles. The Kier molecular flexibility index (Phi) is 5.88. The number of rotatable bonds is 5. The number of amides is 4. The molecule has 2 aliphatic carbocycles. The van der Waals surface area contributed by atoms with E-state index in [1.54, 1.807) is 24.3 Å². The molecule has 1 spiro atoms. The largest absolute Gasteiger partial charge is 0.349 e. The smallest absolute Gasteiger partial charge is 0.253 e. The summed E-state index contributed by atoms with van der Waals surface area (Å²) in [7, 11) is 0. The molecule has 3 fully saturated rings. The fourth-order valence-corrected chi connectivity index (χ4v) is 5.10. The van der Waals surface area contributed by atoms with Crippen molar-refractivity contribution in [2.75, 3.05) is 11.9 Å². The number of carbonyl (C=O) groups excluding carboxylic acids is 4. The van der Waals surface area contributed by atoms with Crippen LogP contribution in [0, 0.1) is 5.41 Å². The minimum Gasteiger partial charge on any atom is -0.349 e. The topological polar surface area (TPSA) is 95.6 Å². The van der Waals surface area contributed by atoms with Gasteiger partial charge in [0.05, 0.1) is 16.7 Å². The number of nitrogens with one attached hydrogen (secondary N) is 2. The van der Waals surface area contributed by atoms with Crippen molar-refractivity contribution in [2.24, 2.45) is 5.41 Å². The highest BCUT2D eigenvalue weighted by Gasteiger charge is 2.51. The van der Waals surface area contributed by atoms with Crippen molar-refractivity contribution in [3.8, 4) is 0 Å². The van der Waals surface area contributed by atoms with Gasteiger partial charge in [0.1, 0.15) is 6.54 Å². The van der Waals surface area contributed by atoms with E-state index in [1.165, 1.54) is 0 Å². The Morgan fingerprint density at radius 2 is 1.70 bits per heavy atom. The van der Waals surface area contributed by atoms with Gasteiger partial charge in [0, 0.05) is 12.5 Å². The SMILES string of the molecule is O=C(CN1C(=O)CC2(CCCCC2)C1=O)Nc1ccccc1C(=O)NC1CCCC1. The Hall–Kier alpha value is -2.70. The third-order valence-corrected chi connectivity index (χ3v) is 6.74. The van der Waals surface area contributed by atoms with E-state index in [-0.39, 0.29) is 36.7 Å². The third-order valence-electron chi connectivity index (χ3n) is 6.74. The van der Waals surface area contributed by atoms with Crippen LogP contribution in [0.5, 0.6) is 0 Å². The van der Waals surface area contributed by atoms with Crippen LogP contribution in [0.3, 0.4) is 0 Å². The van der Waals surface area contributed by atoms with Crippen molar-refractivity contribution in [3.05, 3.63) is 29.8 Å². The monoisotopic (exact) mass is 411 g/mol. The molecule has 4 amide bonds. The Morgan fingerprint density at radius 1 is 1.00 bits per heavy atom. The molecule has 7 heteroatoms. The average Bonchev–Trinajstić information content (AvgIpc) is 3.32. The number of likely N-dealkylation sites (tertiary alicyclic amines) is 1. The van der Waals surface area contributed by atoms with Crippen LogP contribution in [-0.2, 0) is 14.4 Å². The summed E-state index contributed by atoms with van der Waals surface area (Å²) in [4.78, 5) is 51.8. The van der Waals surface area contributed by atoms with E-state index in [1.807, 2.05) is 0 Å². The lowest BCUT2D eigenvalue weighted by Crippen LogP contribution is -2.41. The predicted molar refractivity (Wildman–Crippen MR) is 112 cm³/mol. The first kappa shape index (κ1) is 20.6. The Bertz CT molecular complexity index is 854. The Balaban J connectivity index is 1.41. The molecule has 30 heavy (non-hydrogen) atoms. The first-order valence-electron chi connectivity index (χ1n) is 11.0. The van der Waals surface area contributed by atoms with Gasteiger partial charge in [-0.3, -0.25) is 24.1 Å². The summed E-state index contributed by atoms with van der Waals surface area (Å²) in [5.74, 6) is -1.17. The minimum atomic E-state index is -0.602. The fraction of sp³-hybridized carbons (Fsp3) is 0.565. The second-order valence-corrected chi connectivity index (χ2v) is 8.85. The van der Waals surface area contributed by atoms with Crippen molar-refractivity contribution in [1.82, 2.24) is 10.2 Å². The second kappa shape index (κ2) is 8.58. The van der Waals surface area contributed by atoms with E-state index in [0.29, 0.717) is 11.3 Å². The summed E-state index contributed by atoms with van der Waals surface area (Å²) in [5.41, 5.74) is 0.180. The number of nitrogens with zero attached hydrogens (tertiary/aromatic N) is 1. The molecule has 0 atom stereocenters. The number of hydrogen-bond donors (Lipinski definition) is 2. The van der Waals surface area contributed by atoms with E-state index < -0.39 is 11.3 Å². The van der Waals surface area contributed by atoms with Gasteiger partial charge < -0.3 is 10.6 Å². The standard InChI is InChI=1S/C23H29N3O4/c27-19(15-26-20(28)14-23(22(26)30)12-6-1-7-13-23)25-18-11-5-4-10-17(18)21(29)24-16-8-2-3-9-16/h4-5,10-11,16H,1-3,6-9,12-15H2,(H,24,29)(H,25,27). The lowest BCUT2D eigenvalue weighted by atomic mass is 9.73. The highest BCUT2D eigenvalue weighted by atomic mass is 16.2. The van der Waals surface area contributed by atoms with Crippen molar-refractivity contribution in [1.29, 1.82) is 0 Å². The van der Waals surface area contributed by atoms with Crippen LogP contribution >= 0.6 is 0 Å². The second-order valence-electron chi connectivity index (χ2n) is 8.85. The molecule has 4 rings (SSSR count). The van der Waals surface area contributed by atoms with Crippen LogP contribution in [0.4, 0.5) is 5.69 Å². The zero-order valence-corrected chi connectivity index (χ0v) is 17.2. The molecule has 7 nitrogen and oxygen atoms in total. The zero-order valence-electron chi connectivity index (χ0n) is 17.2. The maximum atomic E-state index is 12.9. The highest BCUT2D eigenvalue weighted by molar-refractivity contribution is 6.10. The zero-order chi connectivity index (χ0) is 21.1. The molecule has 2 N–H and O–H groups in total. The van der Waals surface area contributed by atoms with Gasteiger partial charge in [-0.05, 0) is 37.8 Å². The molecule has 0 bridgehead atoms. The van der Waals surface area contributed by atoms with Crippen LogP contribution in [0.2, 0.25) is 0 Å². The fourth-order valence-electron chi connectivity index (χ4n) is 5.10. The van der Waals surface area contributed by atoms with Gasteiger partial charge in [0.2, 0.25) is 17.7 Å². The first-order valence-corrected chi connectivity index (χ1v) is 11.0. The summed E-state index contributed by atoms with van der Waals surface area (Å²) in [6, 6.07) is 7.00. The molecule has 0 aromatic heterocycles. The molecule has 160 valence electrons. The first-order chi connectivity index (χ1) is 14.5. The summed E-state index contributed by atoms with van der Waals surface area (Å²) >= 11 is 0. The number of carbonyl (C=O) groups is 4. The van der Waals surface area contributed by atoms with Crippen molar-refractivity contribution in [3.63, 3.8) is 0 Å². The maximum Gasteiger partial charge on any atom is 0.253 e. The summed E-state index contributed by atoms with van der Waals surface area (Å²) in [5, 5.41) is 5.76. The third kappa shape index (κ3) is 4.11. The van der Waals surface area contributed by atoms with Crippen LogP contribution < -0.4 is 10.6 Å². The molecule has 1 heterocycles. The van der Waals surface area contributed by atoms with Crippen molar-refractivity contribution < 1.29 is 19.2 Å². The van der Waals surface area contributed by atoms with Crippen LogP contribution in [0.15, 0.2) is 24.3 Å². The molecule has 2 saturated carbocycles. The van der Waals surface area contributed by atoms with E-state index in [0.717, 1.165) is 62.7 Å². The van der Waals surface area contributed by atoms with Gasteiger partial charge in [0.15, 0.2) is 0 Å². The highest BCUT2D eigenvalue weighted by Crippen LogP contribution is 2.45. The quantitative estimate of drug-likeness (QED) is 0.728. The number of imide groups is 1.